The van der Waals surface area contributed by atoms with Crippen molar-refractivity contribution in [3.63, 3.8) is 0 Å². The van der Waals surface area contributed by atoms with Gasteiger partial charge in [0.1, 0.15) is 5.82 Å². The van der Waals surface area contributed by atoms with E-state index in [-0.39, 0.29) is 5.02 Å². The maximum atomic E-state index is 13.1. The third kappa shape index (κ3) is 1.94. The van der Waals surface area contributed by atoms with Gasteiger partial charge in [0.2, 0.25) is 0 Å². The van der Waals surface area contributed by atoms with E-state index in [0.29, 0.717) is 21.8 Å². The Kier molecular flexibility index (Phi) is 2.86. The first-order valence-electron chi connectivity index (χ1n) is 5.54. The monoisotopic (exact) mass is 295 g/mol. The first kappa shape index (κ1) is 12.6. The summed E-state index contributed by atoms with van der Waals surface area (Å²) in [6, 6.07) is 8.88. The largest absolute Gasteiger partial charge is 0.375 e. The van der Waals surface area contributed by atoms with Gasteiger partial charge in [-0.1, -0.05) is 29.3 Å². The molecule has 0 aliphatic carbocycles. The highest BCUT2D eigenvalue weighted by Gasteiger charge is 2.37. The SMILES string of the molecule is OC1(c2ccc(F)cc2Cl)C=Nc2ccc(Cl)cc21. The number of aliphatic hydroxyl groups is 1. The second-order valence-electron chi connectivity index (χ2n) is 4.31. The highest BCUT2D eigenvalue weighted by molar-refractivity contribution is 6.32. The van der Waals surface area contributed by atoms with Gasteiger partial charge in [-0.15, -0.1) is 0 Å². The van der Waals surface area contributed by atoms with Crippen LogP contribution >= 0.6 is 23.2 Å². The lowest BCUT2D eigenvalue weighted by molar-refractivity contribution is 0.165. The van der Waals surface area contributed by atoms with Gasteiger partial charge < -0.3 is 5.11 Å². The standard InChI is InChI=1S/C14H8Cl2FNO/c15-8-1-4-13-11(5-8)14(19,7-18-13)10-3-2-9(17)6-12(10)16/h1-7,19H. The van der Waals surface area contributed by atoms with Crippen LogP contribution in [0.15, 0.2) is 41.4 Å². The van der Waals surface area contributed by atoms with E-state index in [4.69, 9.17) is 23.2 Å². The van der Waals surface area contributed by atoms with Crippen LogP contribution in [0, 0.1) is 5.82 Å². The van der Waals surface area contributed by atoms with Crippen LogP contribution in [0.25, 0.3) is 0 Å². The van der Waals surface area contributed by atoms with Crippen LogP contribution in [0.2, 0.25) is 10.0 Å². The molecule has 1 atom stereocenters. The molecule has 0 radical (unpaired) electrons. The normalized spacial score (nSPS) is 20.6. The van der Waals surface area contributed by atoms with Crippen molar-refractivity contribution in [2.45, 2.75) is 5.60 Å². The zero-order chi connectivity index (χ0) is 13.6. The Morgan fingerprint density at radius 3 is 2.58 bits per heavy atom. The quantitative estimate of drug-likeness (QED) is 0.845. The van der Waals surface area contributed by atoms with Gasteiger partial charge in [0, 0.05) is 22.4 Å². The smallest absolute Gasteiger partial charge is 0.154 e. The number of rotatable bonds is 1. The van der Waals surface area contributed by atoms with Gasteiger partial charge in [-0.25, -0.2) is 4.39 Å². The molecule has 1 aliphatic rings. The molecule has 1 N–H and O–H groups in total. The maximum Gasteiger partial charge on any atom is 0.154 e. The van der Waals surface area contributed by atoms with Crippen LogP contribution < -0.4 is 0 Å². The van der Waals surface area contributed by atoms with Crippen molar-refractivity contribution in [1.29, 1.82) is 0 Å². The summed E-state index contributed by atoms with van der Waals surface area (Å²) < 4.78 is 13.1. The highest BCUT2D eigenvalue weighted by Crippen LogP contribution is 2.43. The van der Waals surface area contributed by atoms with E-state index in [1.165, 1.54) is 18.3 Å². The summed E-state index contributed by atoms with van der Waals surface area (Å²) in [6.45, 7) is 0. The number of halogens is 3. The molecule has 3 rings (SSSR count). The summed E-state index contributed by atoms with van der Waals surface area (Å²) in [5.74, 6) is -0.460. The van der Waals surface area contributed by atoms with Crippen molar-refractivity contribution < 1.29 is 9.50 Å². The minimum Gasteiger partial charge on any atom is -0.375 e. The van der Waals surface area contributed by atoms with Crippen LogP contribution in [0.3, 0.4) is 0 Å². The summed E-state index contributed by atoms with van der Waals surface area (Å²) in [7, 11) is 0. The third-order valence-corrected chi connectivity index (χ3v) is 3.65. The molecule has 19 heavy (non-hydrogen) atoms. The van der Waals surface area contributed by atoms with Gasteiger partial charge >= 0.3 is 0 Å². The molecule has 0 aromatic heterocycles. The second-order valence-corrected chi connectivity index (χ2v) is 5.15. The minimum atomic E-state index is -1.48. The van der Waals surface area contributed by atoms with Crippen LogP contribution in [0.4, 0.5) is 10.1 Å². The minimum absolute atomic E-state index is 0.141. The van der Waals surface area contributed by atoms with Crippen LogP contribution in [-0.2, 0) is 5.60 Å². The number of nitrogens with zero attached hydrogens (tertiary/aromatic N) is 1. The van der Waals surface area contributed by atoms with Crippen molar-refractivity contribution in [1.82, 2.24) is 0 Å². The molecular weight excluding hydrogens is 288 g/mol. The second kappa shape index (κ2) is 4.30. The molecule has 0 fully saturated rings. The molecule has 2 aromatic rings. The number of aliphatic imine (C=N–C) groups is 1. The van der Waals surface area contributed by atoms with Gasteiger partial charge in [0.25, 0.3) is 0 Å². The summed E-state index contributed by atoms with van der Waals surface area (Å²) in [6.07, 6.45) is 1.38. The Bertz CT molecular complexity index is 702. The van der Waals surface area contributed by atoms with E-state index in [0.717, 1.165) is 6.07 Å². The first-order chi connectivity index (χ1) is 9.00. The van der Waals surface area contributed by atoms with Crippen LogP contribution in [-0.4, -0.2) is 11.3 Å². The molecule has 1 aliphatic heterocycles. The molecule has 1 heterocycles. The lowest BCUT2D eigenvalue weighted by Gasteiger charge is -2.23. The molecule has 0 spiro atoms. The molecule has 0 saturated heterocycles. The number of benzene rings is 2. The Labute approximate surface area is 119 Å². The molecule has 2 nitrogen and oxygen atoms in total. The first-order valence-corrected chi connectivity index (χ1v) is 6.29. The Morgan fingerprint density at radius 1 is 1.05 bits per heavy atom. The van der Waals surface area contributed by atoms with Crippen molar-refractivity contribution in [2.24, 2.45) is 4.99 Å². The van der Waals surface area contributed by atoms with Crippen molar-refractivity contribution in [2.75, 3.05) is 0 Å². The Balaban J connectivity index is 2.21. The highest BCUT2D eigenvalue weighted by atomic mass is 35.5. The molecule has 0 bridgehead atoms. The average molecular weight is 296 g/mol. The lowest BCUT2D eigenvalue weighted by atomic mass is 9.88. The predicted octanol–water partition coefficient (Wildman–Crippen LogP) is 4.08. The zero-order valence-electron chi connectivity index (χ0n) is 9.57. The third-order valence-electron chi connectivity index (χ3n) is 3.10. The van der Waals surface area contributed by atoms with Gasteiger partial charge in [0.05, 0.1) is 10.7 Å². The zero-order valence-corrected chi connectivity index (χ0v) is 11.1. The maximum absolute atomic E-state index is 13.1. The van der Waals surface area contributed by atoms with Gasteiger partial charge in [-0.2, -0.15) is 0 Å². The lowest BCUT2D eigenvalue weighted by Crippen LogP contribution is -2.27. The fraction of sp³-hybridized carbons (Fsp3) is 0.0714. The Morgan fingerprint density at radius 2 is 1.84 bits per heavy atom. The summed E-state index contributed by atoms with van der Waals surface area (Å²) in [5.41, 5.74) is 0.0477. The Hall–Kier alpha value is -1.42. The van der Waals surface area contributed by atoms with Gasteiger partial charge in [-0.05, 0) is 30.3 Å². The van der Waals surface area contributed by atoms with Gasteiger partial charge in [-0.3, -0.25) is 4.99 Å². The number of fused-ring (bicyclic) bond motifs is 1. The molecule has 5 heteroatoms. The molecule has 96 valence electrons. The van der Waals surface area contributed by atoms with Gasteiger partial charge in [0.15, 0.2) is 5.60 Å². The summed E-state index contributed by atoms with van der Waals surface area (Å²) in [5, 5.41) is 11.4. The molecule has 0 amide bonds. The predicted molar refractivity (Wildman–Crippen MR) is 74.0 cm³/mol. The fourth-order valence-corrected chi connectivity index (χ4v) is 2.66. The summed E-state index contributed by atoms with van der Waals surface area (Å²) in [4.78, 5) is 4.15. The average Bonchev–Trinajstić information content (AvgIpc) is 2.68. The topological polar surface area (TPSA) is 32.6 Å². The van der Waals surface area contributed by atoms with E-state index < -0.39 is 11.4 Å². The summed E-state index contributed by atoms with van der Waals surface area (Å²) >= 11 is 12.0. The van der Waals surface area contributed by atoms with E-state index in [2.05, 4.69) is 4.99 Å². The van der Waals surface area contributed by atoms with Crippen molar-refractivity contribution >= 4 is 35.1 Å². The van der Waals surface area contributed by atoms with Crippen LogP contribution in [0.1, 0.15) is 11.1 Å². The molecule has 1 unspecified atom stereocenters. The number of hydrogen-bond donors (Lipinski definition) is 1. The molecule has 0 saturated carbocycles. The van der Waals surface area contributed by atoms with E-state index in [9.17, 15) is 9.50 Å². The molecular formula is C14H8Cl2FNO. The van der Waals surface area contributed by atoms with E-state index >= 15 is 0 Å². The van der Waals surface area contributed by atoms with E-state index in [1.54, 1.807) is 18.2 Å². The van der Waals surface area contributed by atoms with Crippen molar-refractivity contribution in [3.05, 3.63) is 63.4 Å². The fourth-order valence-electron chi connectivity index (χ4n) is 2.17. The van der Waals surface area contributed by atoms with Crippen molar-refractivity contribution in [3.8, 4) is 0 Å². The number of hydrogen-bond acceptors (Lipinski definition) is 2. The molecule has 2 aromatic carbocycles. The van der Waals surface area contributed by atoms with E-state index in [1.807, 2.05) is 0 Å². The van der Waals surface area contributed by atoms with Crippen LogP contribution in [0.5, 0.6) is 0 Å².